The lowest BCUT2D eigenvalue weighted by Gasteiger charge is -2.27. The van der Waals surface area contributed by atoms with Crippen LogP contribution in [0.25, 0.3) is 0 Å². The zero-order chi connectivity index (χ0) is 12.9. The highest BCUT2D eigenvalue weighted by Gasteiger charge is 2.29. The molecule has 1 fully saturated rings. The molecule has 0 saturated carbocycles. The maximum Gasteiger partial charge on any atom is 0.154 e. The van der Waals surface area contributed by atoms with E-state index in [4.69, 9.17) is 0 Å². The molecule has 1 heterocycles. The van der Waals surface area contributed by atoms with Gasteiger partial charge in [0.05, 0.1) is 11.0 Å². The molecule has 0 amide bonds. The molecule has 0 aromatic carbocycles. The molecule has 1 N–H and O–H groups in total. The SMILES string of the molecule is CC(C)NCCN(C)CC1CCCCS1(=O)=O. The molecule has 0 bridgehead atoms. The minimum absolute atomic E-state index is 0.139. The Morgan fingerprint density at radius 2 is 2.06 bits per heavy atom. The first-order chi connectivity index (χ1) is 7.92. The molecule has 1 rings (SSSR count). The largest absolute Gasteiger partial charge is 0.313 e. The molecule has 1 unspecified atom stereocenters. The highest BCUT2D eigenvalue weighted by molar-refractivity contribution is 7.92. The summed E-state index contributed by atoms with van der Waals surface area (Å²) >= 11 is 0. The third-order valence-corrected chi connectivity index (χ3v) is 5.53. The lowest BCUT2D eigenvalue weighted by molar-refractivity contribution is 0.315. The number of sulfone groups is 1. The van der Waals surface area contributed by atoms with Crippen molar-refractivity contribution in [2.45, 2.75) is 44.4 Å². The van der Waals surface area contributed by atoms with Crippen LogP contribution in [0.5, 0.6) is 0 Å². The topological polar surface area (TPSA) is 49.4 Å². The number of hydrogen-bond acceptors (Lipinski definition) is 4. The van der Waals surface area contributed by atoms with Crippen LogP contribution in [0.4, 0.5) is 0 Å². The molecule has 4 nitrogen and oxygen atoms in total. The summed E-state index contributed by atoms with van der Waals surface area (Å²) in [7, 11) is -0.816. The normalized spacial score (nSPS) is 24.4. The highest BCUT2D eigenvalue weighted by atomic mass is 32.2. The van der Waals surface area contributed by atoms with Crippen LogP contribution in [0.1, 0.15) is 33.1 Å². The molecule has 0 aromatic heterocycles. The molecule has 1 aliphatic rings. The van der Waals surface area contributed by atoms with E-state index in [0.29, 0.717) is 18.3 Å². The smallest absolute Gasteiger partial charge is 0.154 e. The first-order valence-electron chi connectivity index (χ1n) is 6.55. The summed E-state index contributed by atoms with van der Waals surface area (Å²) in [6.45, 7) is 6.74. The van der Waals surface area contributed by atoms with Gasteiger partial charge in [0.15, 0.2) is 9.84 Å². The van der Waals surface area contributed by atoms with Gasteiger partial charge in [-0.1, -0.05) is 20.3 Å². The van der Waals surface area contributed by atoms with E-state index in [0.717, 1.165) is 32.4 Å². The van der Waals surface area contributed by atoms with Crippen LogP contribution in [-0.2, 0) is 9.84 Å². The van der Waals surface area contributed by atoms with E-state index in [1.54, 1.807) is 0 Å². The van der Waals surface area contributed by atoms with Gasteiger partial charge in [0.25, 0.3) is 0 Å². The molecular formula is C12H26N2O2S. The average Bonchev–Trinajstić information content (AvgIpc) is 2.20. The zero-order valence-corrected chi connectivity index (χ0v) is 12.1. The fourth-order valence-electron chi connectivity index (χ4n) is 2.21. The lowest BCUT2D eigenvalue weighted by atomic mass is 10.2. The van der Waals surface area contributed by atoms with E-state index in [9.17, 15) is 8.42 Å². The molecule has 1 aliphatic heterocycles. The van der Waals surface area contributed by atoms with Gasteiger partial charge in [0, 0.05) is 25.7 Å². The van der Waals surface area contributed by atoms with Crippen molar-refractivity contribution in [3.8, 4) is 0 Å². The fourth-order valence-corrected chi connectivity index (χ4v) is 4.16. The molecule has 17 heavy (non-hydrogen) atoms. The number of nitrogens with zero attached hydrogens (tertiary/aromatic N) is 1. The number of nitrogens with one attached hydrogen (secondary N) is 1. The summed E-state index contributed by atoms with van der Waals surface area (Å²) in [6, 6.07) is 0.488. The van der Waals surface area contributed by atoms with Crippen LogP contribution in [0, 0.1) is 0 Å². The van der Waals surface area contributed by atoms with Gasteiger partial charge in [-0.25, -0.2) is 8.42 Å². The average molecular weight is 262 g/mol. The van der Waals surface area contributed by atoms with E-state index in [2.05, 4.69) is 24.1 Å². The molecule has 102 valence electrons. The second-order valence-corrected chi connectivity index (χ2v) is 7.76. The predicted molar refractivity (Wildman–Crippen MR) is 72.1 cm³/mol. The van der Waals surface area contributed by atoms with Crippen LogP contribution in [-0.4, -0.2) is 57.0 Å². The Bertz CT molecular complexity index is 314. The van der Waals surface area contributed by atoms with Crippen LogP contribution in [0.15, 0.2) is 0 Å². The first-order valence-corrected chi connectivity index (χ1v) is 8.27. The maximum atomic E-state index is 11.9. The lowest BCUT2D eigenvalue weighted by Crippen LogP contribution is -2.41. The Hall–Kier alpha value is -0.130. The first kappa shape index (κ1) is 14.9. The number of rotatable bonds is 6. The third-order valence-electron chi connectivity index (χ3n) is 3.27. The van der Waals surface area contributed by atoms with Gasteiger partial charge in [0.2, 0.25) is 0 Å². The van der Waals surface area contributed by atoms with Crippen molar-refractivity contribution in [2.24, 2.45) is 0 Å². The minimum Gasteiger partial charge on any atom is -0.313 e. The number of likely N-dealkylation sites (N-methyl/N-ethyl adjacent to an activating group) is 1. The minimum atomic E-state index is -2.82. The van der Waals surface area contributed by atoms with E-state index in [1.165, 1.54) is 0 Å². The van der Waals surface area contributed by atoms with Gasteiger partial charge in [-0.15, -0.1) is 0 Å². The summed E-state index contributed by atoms with van der Waals surface area (Å²) in [5, 5.41) is 3.20. The van der Waals surface area contributed by atoms with Crippen LogP contribution >= 0.6 is 0 Å². The van der Waals surface area contributed by atoms with Crippen molar-refractivity contribution in [1.82, 2.24) is 10.2 Å². The van der Waals surface area contributed by atoms with Gasteiger partial charge in [-0.05, 0) is 19.9 Å². The molecule has 1 atom stereocenters. The Balaban J connectivity index is 2.32. The monoisotopic (exact) mass is 262 g/mol. The van der Waals surface area contributed by atoms with Crippen molar-refractivity contribution >= 4 is 9.84 Å². The van der Waals surface area contributed by atoms with Crippen molar-refractivity contribution in [2.75, 3.05) is 32.4 Å². The van der Waals surface area contributed by atoms with E-state index in [-0.39, 0.29) is 5.25 Å². The van der Waals surface area contributed by atoms with E-state index < -0.39 is 9.84 Å². The summed E-state index contributed by atoms with van der Waals surface area (Å²) in [5.74, 6) is 0.385. The molecule has 5 heteroatoms. The van der Waals surface area contributed by atoms with Crippen molar-refractivity contribution in [3.05, 3.63) is 0 Å². The molecule has 1 saturated heterocycles. The predicted octanol–water partition coefficient (Wildman–Crippen LogP) is 0.884. The van der Waals surface area contributed by atoms with Gasteiger partial charge < -0.3 is 10.2 Å². The molecule has 0 aromatic rings. The van der Waals surface area contributed by atoms with Gasteiger partial charge >= 0.3 is 0 Å². The quantitative estimate of drug-likeness (QED) is 0.772. The van der Waals surface area contributed by atoms with E-state index >= 15 is 0 Å². The van der Waals surface area contributed by atoms with Crippen molar-refractivity contribution in [3.63, 3.8) is 0 Å². The van der Waals surface area contributed by atoms with Crippen molar-refractivity contribution < 1.29 is 8.42 Å². The van der Waals surface area contributed by atoms with Gasteiger partial charge in [-0.2, -0.15) is 0 Å². The summed E-state index contributed by atoms with van der Waals surface area (Å²) in [6.07, 6.45) is 2.74. The van der Waals surface area contributed by atoms with Crippen LogP contribution in [0.2, 0.25) is 0 Å². The maximum absolute atomic E-state index is 11.9. The summed E-state index contributed by atoms with van der Waals surface area (Å²) < 4.78 is 23.7. The summed E-state index contributed by atoms with van der Waals surface area (Å²) in [4.78, 5) is 2.13. The van der Waals surface area contributed by atoms with E-state index in [1.807, 2.05) is 7.05 Å². The zero-order valence-electron chi connectivity index (χ0n) is 11.3. The fraction of sp³-hybridized carbons (Fsp3) is 1.00. The van der Waals surface area contributed by atoms with Gasteiger partial charge in [-0.3, -0.25) is 0 Å². The Morgan fingerprint density at radius 3 is 2.65 bits per heavy atom. The Labute approximate surface area is 106 Å². The Kier molecular flexibility index (Phi) is 5.89. The Morgan fingerprint density at radius 1 is 1.35 bits per heavy atom. The molecular weight excluding hydrogens is 236 g/mol. The third kappa shape index (κ3) is 5.36. The van der Waals surface area contributed by atoms with Crippen LogP contribution < -0.4 is 5.32 Å². The van der Waals surface area contributed by atoms with Crippen molar-refractivity contribution in [1.29, 1.82) is 0 Å². The standard InChI is InChI=1S/C12H26N2O2S/c1-11(2)13-7-8-14(3)10-12-6-4-5-9-17(12,15)16/h11-13H,4-10H2,1-3H3. The molecule has 0 spiro atoms. The molecule has 0 radical (unpaired) electrons. The highest BCUT2D eigenvalue weighted by Crippen LogP contribution is 2.19. The second kappa shape index (κ2) is 6.71. The second-order valence-electron chi connectivity index (χ2n) is 5.36. The van der Waals surface area contributed by atoms with Gasteiger partial charge in [0.1, 0.15) is 0 Å². The molecule has 0 aliphatic carbocycles. The number of hydrogen-bond donors (Lipinski definition) is 1. The van der Waals surface area contributed by atoms with Crippen LogP contribution in [0.3, 0.4) is 0 Å². The summed E-state index contributed by atoms with van der Waals surface area (Å²) in [5.41, 5.74) is 0.